The van der Waals surface area contributed by atoms with Crippen LogP contribution in [0.3, 0.4) is 0 Å². The number of pyridine rings is 1. The van der Waals surface area contributed by atoms with Gasteiger partial charge in [0, 0.05) is 6.20 Å². The standard InChI is InChI=1S/C26H29N3O4/c1-3-5-16-33-23-14-13-21(17-24(23)32-4-2)18-27-28-25(30)22-12-9-15-29(26(22)31)19-20-10-7-6-8-11-20/h6-15,17-18H,3-5,16,19H2,1-2H3,(H,28,30)/b27-18-. The van der Waals surface area contributed by atoms with Crippen molar-refractivity contribution in [1.29, 1.82) is 0 Å². The number of hydrogen-bond acceptors (Lipinski definition) is 5. The van der Waals surface area contributed by atoms with Crippen LogP contribution in [0.1, 0.15) is 48.2 Å². The first-order valence-corrected chi connectivity index (χ1v) is 11.1. The van der Waals surface area contributed by atoms with Gasteiger partial charge in [-0.05, 0) is 54.8 Å². The van der Waals surface area contributed by atoms with E-state index in [1.165, 1.54) is 16.8 Å². The molecule has 0 aliphatic rings. The first-order chi connectivity index (χ1) is 16.1. The number of hydrazone groups is 1. The van der Waals surface area contributed by atoms with Gasteiger partial charge in [-0.3, -0.25) is 9.59 Å². The summed E-state index contributed by atoms with van der Waals surface area (Å²) in [6, 6.07) is 18.2. The number of nitrogens with one attached hydrogen (secondary N) is 1. The number of unbranched alkanes of at least 4 members (excludes halogenated alkanes) is 1. The third-order valence-corrected chi connectivity index (χ3v) is 4.86. The van der Waals surface area contributed by atoms with Gasteiger partial charge in [-0.1, -0.05) is 43.7 Å². The largest absolute Gasteiger partial charge is 0.490 e. The fraction of sp³-hybridized carbons (Fsp3) is 0.269. The van der Waals surface area contributed by atoms with E-state index in [-0.39, 0.29) is 11.1 Å². The zero-order chi connectivity index (χ0) is 23.5. The number of benzene rings is 2. The lowest BCUT2D eigenvalue weighted by Crippen LogP contribution is -2.30. The molecule has 33 heavy (non-hydrogen) atoms. The third-order valence-electron chi connectivity index (χ3n) is 4.86. The molecule has 1 aromatic heterocycles. The molecule has 2 aromatic carbocycles. The Labute approximate surface area is 193 Å². The molecule has 7 nitrogen and oxygen atoms in total. The zero-order valence-electron chi connectivity index (χ0n) is 19.0. The van der Waals surface area contributed by atoms with Gasteiger partial charge in [0.25, 0.3) is 11.5 Å². The molecule has 172 valence electrons. The van der Waals surface area contributed by atoms with Crippen LogP contribution in [-0.2, 0) is 6.54 Å². The number of amides is 1. The van der Waals surface area contributed by atoms with E-state index < -0.39 is 5.91 Å². The molecule has 1 heterocycles. The van der Waals surface area contributed by atoms with Crippen LogP contribution in [0.15, 0.2) is 76.8 Å². The monoisotopic (exact) mass is 447 g/mol. The van der Waals surface area contributed by atoms with Gasteiger partial charge in [-0.25, -0.2) is 5.43 Å². The summed E-state index contributed by atoms with van der Waals surface area (Å²) < 4.78 is 12.9. The Morgan fingerprint density at radius 2 is 1.85 bits per heavy atom. The lowest BCUT2D eigenvalue weighted by atomic mass is 10.2. The molecule has 0 radical (unpaired) electrons. The Morgan fingerprint density at radius 1 is 1.03 bits per heavy atom. The molecule has 3 aromatic rings. The molecule has 0 saturated heterocycles. The number of hydrogen-bond donors (Lipinski definition) is 1. The molecule has 0 aliphatic heterocycles. The summed E-state index contributed by atoms with van der Waals surface area (Å²) in [6.07, 6.45) is 5.18. The molecule has 1 amide bonds. The predicted octanol–water partition coefficient (Wildman–Crippen LogP) is 4.24. The summed E-state index contributed by atoms with van der Waals surface area (Å²) in [5, 5.41) is 4.01. The van der Waals surface area contributed by atoms with Crippen molar-refractivity contribution >= 4 is 12.1 Å². The van der Waals surface area contributed by atoms with Gasteiger partial charge in [0.05, 0.1) is 26.0 Å². The SMILES string of the molecule is CCCCOc1ccc(/C=N\NC(=O)c2cccn(Cc3ccccc3)c2=O)cc1OCC. The van der Waals surface area contributed by atoms with Crippen molar-refractivity contribution < 1.29 is 14.3 Å². The minimum Gasteiger partial charge on any atom is -0.490 e. The van der Waals surface area contributed by atoms with E-state index in [0.29, 0.717) is 31.3 Å². The highest BCUT2D eigenvalue weighted by Gasteiger charge is 2.12. The van der Waals surface area contributed by atoms with E-state index in [1.807, 2.05) is 49.4 Å². The smallest absolute Gasteiger partial charge is 0.276 e. The van der Waals surface area contributed by atoms with Crippen LogP contribution in [0.4, 0.5) is 0 Å². The van der Waals surface area contributed by atoms with E-state index in [9.17, 15) is 9.59 Å². The van der Waals surface area contributed by atoms with Crippen LogP contribution in [0, 0.1) is 0 Å². The summed E-state index contributed by atoms with van der Waals surface area (Å²) in [7, 11) is 0. The summed E-state index contributed by atoms with van der Waals surface area (Å²) in [5.74, 6) is 0.730. The van der Waals surface area contributed by atoms with Crippen LogP contribution in [0.25, 0.3) is 0 Å². The van der Waals surface area contributed by atoms with Crippen LogP contribution in [-0.4, -0.2) is 29.9 Å². The maximum absolute atomic E-state index is 12.7. The van der Waals surface area contributed by atoms with Gasteiger partial charge in [0.15, 0.2) is 11.5 Å². The molecule has 3 rings (SSSR count). The number of ether oxygens (including phenoxy) is 2. The Balaban J connectivity index is 1.68. The maximum Gasteiger partial charge on any atom is 0.276 e. The van der Waals surface area contributed by atoms with Gasteiger partial charge < -0.3 is 14.0 Å². The number of aromatic nitrogens is 1. The molecule has 0 spiro atoms. The van der Waals surface area contributed by atoms with Gasteiger partial charge in [-0.2, -0.15) is 5.10 Å². The second-order valence-corrected chi connectivity index (χ2v) is 7.38. The number of nitrogens with zero attached hydrogens (tertiary/aromatic N) is 2. The average Bonchev–Trinajstić information content (AvgIpc) is 2.82. The van der Waals surface area contributed by atoms with E-state index in [0.717, 1.165) is 24.0 Å². The van der Waals surface area contributed by atoms with Crippen LogP contribution >= 0.6 is 0 Å². The summed E-state index contributed by atoms with van der Waals surface area (Å²) >= 11 is 0. The van der Waals surface area contributed by atoms with Crippen molar-refractivity contribution in [2.45, 2.75) is 33.2 Å². The van der Waals surface area contributed by atoms with Gasteiger partial charge in [0.1, 0.15) is 5.56 Å². The van der Waals surface area contributed by atoms with Crippen molar-refractivity contribution in [2.24, 2.45) is 5.10 Å². The number of carbonyl (C=O) groups is 1. The highest BCUT2D eigenvalue weighted by Crippen LogP contribution is 2.28. The Bertz CT molecular complexity index is 1140. The fourth-order valence-corrected chi connectivity index (χ4v) is 3.16. The van der Waals surface area contributed by atoms with Crippen LogP contribution in [0.5, 0.6) is 11.5 Å². The molecule has 1 N–H and O–H groups in total. The highest BCUT2D eigenvalue weighted by atomic mass is 16.5. The minimum atomic E-state index is -0.566. The topological polar surface area (TPSA) is 81.9 Å². The van der Waals surface area contributed by atoms with Crippen molar-refractivity contribution in [2.75, 3.05) is 13.2 Å². The Morgan fingerprint density at radius 3 is 2.61 bits per heavy atom. The lowest BCUT2D eigenvalue weighted by molar-refractivity contribution is 0.0953. The second kappa shape index (κ2) is 12.2. The molecule has 7 heteroatoms. The molecule has 0 unspecified atom stereocenters. The first-order valence-electron chi connectivity index (χ1n) is 11.1. The molecular formula is C26H29N3O4. The van der Waals surface area contributed by atoms with Crippen LogP contribution in [0.2, 0.25) is 0 Å². The normalized spacial score (nSPS) is 10.8. The number of rotatable bonds is 11. The molecule has 0 saturated carbocycles. The summed E-state index contributed by atoms with van der Waals surface area (Å²) in [5.41, 5.74) is 3.79. The molecule has 0 atom stereocenters. The van der Waals surface area contributed by atoms with E-state index in [2.05, 4.69) is 17.5 Å². The zero-order valence-corrected chi connectivity index (χ0v) is 19.0. The van der Waals surface area contributed by atoms with E-state index in [4.69, 9.17) is 9.47 Å². The van der Waals surface area contributed by atoms with Gasteiger partial charge in [0.2, 0.25) is 0 Å². The lowest BCUT2D eigenvalue weighted by Gasteiger charge is -2.12. The first kappa shape index (κ1) is 23.8. The highest BCUT2D eigenvalue weighted by molar-refractivity contribution is 5.94. The maximum atomic E-state index is 12.7. The van der Waals surface area contributed by atoms with Crippen molar-refractivity contribution in [3.8, 4) is 11.5 Å². The van der Waals surface area contributed by atoms with Crippen molar-refractivity contribution in [1.82, 2.24) is 9.99 Å². The number of carbonyl (C=O) groups excluding carboxylic acids is 1. The molecule has 0 aliphatic carbocycles. The minimum absolute atomic E-state index is 0.0280. The van der Waals surface area contributed by atoms with Gasteiger partial charge >= 0.3 is 0 Å². The predicted molar refractivity (Wildman–Crippen MR) is 129 cm³/mol. The third kappa shape index (κ3) is 6.80. The molecular weight excluding hydrogens is 418 g/mol. The average molecular weight is 448 g/mol. The van der Waals surface area contributed by atoms with E-state index >= 15 is 0 Å². The quantitative estimate of drug-likeness (QED) is 0.271. The second-order valence-electron chi connectivity index (χ2n) is 7.38. The van der Waals surface area contributed by atoms with Crippen molar-refractivity contribution in [3.63, 3.8) is 0 Å². The molecule has 0 fully saturated rings. The molecule has 0 bridgehead atoms. The summed E-state index contributed by atoms with van der Waals surface area (Å²) in [6.45, 7) is 5.52. The van der Waals surface area contributed by atoms with Crippen LogP contribution < -0.4 is 20.5 Å². The Kier molecular flexibility index (Phi) is 8.82. The fourth-order valence-electron chi connectivity index (χ4n) is 3.16. The van der Waals surface area contributed by atoms with Gasteiger partial charge in [-0.15, -0.1) is 0 Å². The van der Waals surface area contributed by atoms with Crippen molar-refractivity contribution in [3.05, 3.63) is 93.9 Å². The summed E-state index contributed by atoms with van der Waals surface area (Å²) in [4.78, 5) is 25.3. The Hall–Kier alpha value is -3.87. The van der Waals surface area contributed by atoms with E-state index in [1.54, 1.807) is 18.3 Å².